The minimum absolute atomic E-state index is 0.117. The molecule has 1 heterocycles. The molecular formula is C15H16N2O2. The number of anilines is 1. The monoisotopic (exact) mass is 256 g/mol. The van der Waals surface area contributed by atoms with Gasteiger partial charge in [-0.15, -0.1) is 0 Å². The van der Waals surface area contributed by atoms with E-state index in [2.05, 4.69) is 10.3 Å². The van der Waals surface area contributed by atoms with Gasteiger partial charge in [-0.1, -0.05) is 12.1 Å². The van der Waals surface area contributed by atoms with Crippen molar-refractivity contribution in [2.45, 2.75) is 20.8 Å². The number of carbonyl (C=O) groups is 1. The molecule has 1 aromatic heterocycles. The van der Waals surface area contributed by atoms with Crippen molar-refractivity contribution in [3.63, 3.8) is 0 Å². The fraction of sp³-hybridized carbons (Fsp3) is 0.200. The summed E-state index contributed by atoms with van der Waals surface area (Å²) in [5, 5.41) is 2.77. The molecule has 4 nitrogen and oxygen atoms in total. The van der Waals surface area contributed by atoms with Gasteiger partial charge in [0.25, 0.3) is 5.91 Å². The van der Waals surface area contributed by atoms with E-state index in [0.29, 0.717) is 0 Å². The number of hydrogen-bond donors (Lipinski definition) is 2. The maximum absolute atomic E-state index is 12.1. The molecule has 0 spiro atoms. The van der Waals surface area contributed by atoms with Crippen LogP contribution in [0.15, 0.2) is 35.3 Å². The summed E-state index contributed by atoms with van der Waals surface area (Å²) in [6.45, 7) is 5.68. The number of benzene rings is 1. The fourth-order valence-corrected chi connectivity index (χ4v) is 1.83. The van der Waals surface area contributed by atoms with Crippen LogP contribution in [0.3, 0.4) is 0 Å². The van der Waals surface area contributed by atoms with Gasteiger partial charge in [-0.3, -0.25) is 9.59 Å². The number of pyridine rings is 1. The number of aryl methyl sites for hydroxylation is 2. The Morgan fingerprint density at radius 2 is 1.95 bits per heavy atom. The Kier molecular flexibility index (Phi) is 3.51. The summed E-state index contributed by atoms with van der Waals surface area (Å²) in [4.78, 5) is 26.7. The van der Waals surface area contributed by atoms with Crippen molar-refractivity contribution < 1.29 is 4.79 Å². The van der Waals surface area contributed by atoms with Gasteiger partial charge in [-0.05, 0) is 38.0 Å². The van der Waals surface area contributed by atoms with Gasteiger partial charge in [0.15, 0.2) is 5.43 Å². The average molecular weight is 256 g/mol. The van der Waals surface area contributed by atoms with Crippen molar-refractivity contribution >= 4 is 11.6 Å². The van der Waals surface area contributed by atoms with Crippen molar-refractivity contribution in [3.05, 3.63) is 63.1 Å². The van der Waals surface area contributed by atoms with E-state index < -0.39 is 5.91 Å². The fourth-order valence-electron chi connectivity index (χ4n) is 1.83. The topological polar surface area (TPSA) is 62.0 Å². The van der Waals surface area contributed by atoms with Crippen LogP contribution in [0.1, 0.15) is 27.2 Å². The van der Waals surface area contributed by atoms with Gasteiger partial charge in [-0.2, -0.15) is 0 Å². The molecule has 2 N–H and O–H groups in total. The molecule has 1 aromatic carbocycles. The lowest BCUT2D eigenvalue weighted by Crippen LogP contribution is -2.22. The summed E-state index contributed by atoms with van der Waals surface area (Å²) >= 11 is 0. The highest BCUT2D eigenvalue weighted by Gasteiger charge is 2.11. The number of carbonyl (C=O) groups excluding carboxylic acids is 1. The van der Waals surface area contributed by atoms with E-state index in [0.717, 1.165) is 22.5 Å². The second-order valence-electron chi connectivity index (χ2n) is 4.60. The zero-order valence-corrected chi connectivity index (χ0v) is 11.2. The van der Waals surface area contributed by atoms with Gasteiger partial charge >= 0.3 is 0 Å². The van der Waals surface area contributed by atoms with Crippen LogP contribution >= 0.6 is 0 Å². The van der Waals surface area contributed by atoms with E-state index in [4.69, 9.17) is 0 Å². The first-order valence-electron chi connectivity index (χ1n) is 6.06. The summed E-state index contributed by atoms with van der Waals surface area (Å²) in [5.74, 6) is -0.394. The Hall–Kier alpha value is -2.36. The molecule has 1 amide bonds. The summed E-state index contributed by atoms with van der Waals surface area (Å²) in [7, 11) is 0. The molecule has 0 saturated carbocycles. The van der Waals surface area contributed by atoms with E-state index in [1.807, 2.05) is 32.0 Å². The minimum Gasteiger partial charge on any atom is -0.364 e. The molecule has 0 aliphatic rings. The third-order valence-electron chi connectivity index (χ3n) is 3.15. The first-order valence-corrected chi connectivity index (χ1v) is 6.06. The number of nitrogens with one attached hydrogen (secondary N) is 2. The lowest BCUT2D eigenvalue weighted by molar-refractivity contribution is 0.102. The predicted octanol–water partition coefficient (Wildman–Crippen LogP) is 2.55. The van der Waals surface area contributed by atoms with Crippen molar-refractivity contribution in [2.24, 2.45) is 0 Å². The predicted molar refractivity (Wildman–Crippen MR) is 75.7 cm³/mol. The molecule has 0 aliphatic heterocycles. The Balaban J connectivity index is 2.31. The second kappa shape index (κ2) is 5.10. The number of hydrogen-bond acceptors (Lipinski definition) is 2. The number of rotatable bonds is 2. The molecular weight excluding hydrogens is 240 g/mol. The summed E-state index contributed by atoms with van der Waals surface area (Å²) in [5.41, 5.74) is 3.39. The summed E-state index contributed by atoms with van der Waals surface area (Å²) < 4.78 is 0. The Morgan fingerprint density at radius 3 is 2.63 bits per heavy atom. The smallest absolute Gasteiger partial charge is 0.261 e. The quantitative estimate of drug-likeness (QED) is 0.867. The van der Waals surface area contributed by atoms with Crippen LogP contribution in [-0.4, -0.2) is 10.9 Å². The molecule has 0 fully saturated rings. The van der Waals surface area contributed by atoms with Crippen molar-refractivity contribution in [1.29, 1.82) is 0 Å². The van der Waals surface area contributed by atoms with Crippen LogP contribution < -0.4 is 10.7 Å². The maximum Gasteiger partial charge on any atom is 0.261 e. The molecule has 19 heavy (non-hydrogen) atoms. The van der Waals surface area contributed by atoms with Crippen LogP contribution in [0, 0.1) is 20.8 Å². The van der Waals surface area contributed by atoms with Gasteiger partial charge in [0.1, 0.15) is 5.56 Å². The summed E-state index contributed by atoms with van der Waals surface area (Å²) in [6.07, 6.45) is 1.44. The first kappa shape index (κ1) is 13.1. The van der Waals surface area contributed by atoms with Crippen LogP contribution in [0.5, 0.6) is 0 Å². The Bertz CT molecular complexity index is 687. The normalized spacial score (nSPS) is 10.3. The number of aromatic amines is 1. The third kappa shape index (κ3) is 2.73. The highest BCUT2D eigenvalue weighted by Crippen LogP contribution is 2.18. The third-order valence-corrected chi connectivity index (χ3v) is 3.15. The number of H-pyrrole nitrogens is 1. The second-order valence-corrected chi connectivity index (χ2v) is 4.60. The minimum atomic E-state index is -0.394. The molecule has 0 unspecified atom stereocenters. The van der Waals surface area contributed by atoms with Crippen molar-refractivity contribution in [1.82, 2.24) is 4.98 Å². The largest absolute Gasteiger partial charge is 0.364 e. The first-order chi connectivity index (χ1) is 8.99. The van der Waals surface area contributed by atoms with E-state index in [1.54, 1.807) is 6.92 Å². The zero-order chi connectivity index (χ0) is 14.0. The molecule has 0 atom stereocenters. The van der Waals surface area contributed by atoms with E-state index in [9.17, 15) is 9.59 Å². The van der Waals surface area contributed by atoms with Crippen molar-refractivity contribution in [3.8, 4) is 0 Å². The Morgan fingerprint density at radius 1 is 1.21 bits per heavy atom. The SMILES string of the molecule is Cc1cc(=O)c(C(=O)Nc2cccc(C)c2C)c[nH]1. The van der Waals surface area contributed by atoms with E-state index >= 15 is 0 Å². The highest BCUT2D eigenvalue weighted by atomic mass is 16.2. The molecule has 98 valence electrons. The lowest BCUT2D eigenvalue weighted by Gasteiger charge is -2.10. The number of aromatic nitrogens is 1. The lowest BCUT2D eigenvalue weighted by atomic mass is 10.1. The molecule has 0 radical (unpaired) electrons. The van der Waals surface area contributed by atoms with Gasteiger partial charge in [-0.25, -0.2) is 0 Å². The Labute approximate surface area is 111 Å². The summed E-state index contributed by atoms with van der Waals surface area (Å²) in [6, 6.07) is 7.08. The van der Waals surface area contributed by atoms with Gasteiger partial charge in [0.2, 0.25) is 0 Å². The van der Waals surface area contributed by atoms with E-state index in [-0.39, 0.29) is 11.0 Å². The van der Waals surface area contributed by atoms with Gasteiger partial charge < -0.3 is 10.3 Å². The van der Waals surface area contributed by atoms with Crippen LogP contribution in [0.4, 0.5) is 5.69 Å². The maximum atomic E-state index is 12.1. The molecule has 0 saturated heterocycles. The number of amides is 1. The van der Waals surface area contributed by atoms with E-state index in [1.165, 1.54) is 12.3 Å². The van der Waals surface area contributed by atoms with Crippen LogP contribution in [0.25, 0.3) is 0 Å². The van der Waals surface area contributed by atoms with Gasteiger partial charge in [0, 0.05) is 23.6 Å². The van der Waals surface area contributed by atoms with Crippen LogP contribution in [-0.2, 0) is 0 Å². The van der Waals surface area contributed by atoms with Gasteiger partial charge in [0.05, 0.1) is 0 Å². The molecule has 4 heteroatoms. The molecule has 2 aromatic rings. The highest BCUT2D eigenvalue weighted by molar-refractivity contribution is 6.04. The molecule has 2 rings (SSSR count). The van der Waals surface area contributed by atoms with Crippen molar-refractivity contribution in [2.75, 3.05) is 5.32 Å². The molecule has 0 aliphatic carbocycles. The molecule has 0 bridgehead atoms. The zero-order valence-electron chi connectivity index (χ0n) is 11.2. The average Bonchev–Trinajstić information content (AvgIpc) is 2.34. The standard InChI is InChI=1S/C15H16N2O2/c1-9-5-4-6-13(11(9)3)17-15(19)12-8-16-10(2)7-14(12)18/h4-8H,1-3H3,(H,16,18)(H,17,19). The van der Waals surface area contributed by atoms with Crippen LogP contribution in [0.2, 0.25) is 0 Å².